The van der Waals surface area contributed by atoms with Gasteiger partial charge in [-0.3, -0.25) is 4.79 Å². The van der Waals surface area contributed by atoms with Crippen LogP contribution in [0.5, 0.6) is 0 Å². The van der Waals surface area contributed by atoms with E-state index in [0.29, 0.717) is 11.7 Å². The number of hydrogen-bond donors (Lipinski definition) is 0. The van der Waals surface area contributed by atoms with Crippen LogP contribution in [0.3, 0.4) is 0 Å². The minimum atomic E-state index is 0.551. The highest BCUT2D eigenvalue weighted by Crippen LogP contribution is 2.59. The van der Waals surface area contributed by atoms with E-state index in [9.17, 15) is 4.79 Å². The molecular weight excluding hydrogens is 136 g/mol. The second-order valence-electron chi connectivity index (χ2n) is 4.54. The van der Waals surface area contributed by atoms with Gasteiger partial charge in [0.1, 0.15) is 5.78 Å². The number of hydrogen-bond acceptors (Lipinski definition) is 1. The predicted molar refractivity (Wildman–Crippen MR) is 42.1 cm³/mol. The van der Waals surface area contributed by atoms with Crippen LogP contribution in [0.4, 0.5) is 0 Å². The molecule has 3 aliphatic rings. The van der Waals surface area contributed by atoms with E-state index in [2.05, 4.69) is 0 Å². The fraction of sp³-hybridized carbons (Fsp3) is 0.900. The summed E-state index contributed by atoms with van der Waals surface area (Å²) in [6.07, 6.45) is 6.41. The van der Waals surface area contributed by atoms with E-state index in [-0.39, 0.29) is 0 Å². The van der Waals surface area contributed by atoms with Crippen LogP contribution in [-0.2, 0) is 4.79 Å². The standard InChI is InChI=1S/C10H14O/c11-9-4-3-7-8(10(7)9)5-6-1-2-6/h6-8,10H,1-5H2. The van der Waals surface area contributed by atoms with Gasteiger partial charge in [0.05, 0.1) is 0 Å². The maximum Gasteiger partial charge on any atom is 0.136 e. The SMILES string of the molecule is O=C1CCC2C(CC3CC3)C12. The van der Waals surface area contributed by atoms with Gasteiger partial charge in [-0.2, -0.15) is 0 Å². The van der Waals surface area contributed by atoms with E-state index in [1.807, 2.05) is 0 Å². The lowest BCUT2D eigenvalue weighted by atomic mass is 10.1. The van der Waals surface area contributed by atoms with Crippen LogP contribution in [0, 0.1) is 23.7 Å². The third kappa shape index (κ3) is 0.863. The van der Waals surface area contributed by atoms with Crippen LogP contribution < -0.4 is 0 Å². The second-order valence-corrected chi connectivity index (χ2v) is 4.54. The molecule has 0 N–H and O–H groups in total. The Morgan fingerprint density at radius 3 is 2.64 bits per heavy atom. The first kappa shape index (κ1) is 6.22. The first-order valence-electron chi connectivity index (χ1n) is 4.89. The van der Waals surface area contributed by atoms with Crippen LogP contribution in [0.25, 0.3) is 0 Å². The van der Waals surface area contributed by atoms with Crippen molar-refractivity contribution in [2.24, 2.45) is 23.7 Å². The predicted octanol–water partition coefficient (Wildman–Crippen LogP) is 2.01. The molecule has 0 radical (unpaired) electrons. The zero-order valence-corrected chi connectivity index (χ0v) is 6.75. The molecule has 60 valence electrons. The van der Waals surface area contributed by atoms with Crippen molar-refractivity contribution in [1.29, 1.82) is 0 Å². The molecule has 3 atom stereocenters. The lowest BCUT2D eigenvalue weighted by Gasteiger charge is -1.98. The highest BCUT2D eigenvalue weighted by molar-refractivity contribution is 5.87. The number of ketones is 1. The Bertz CT molecular complexity index is 205. The normalized spacial score (nSPS) is 47.6. The van der Waals surface area contributed by atoms with Gasteiger partial charge in [0.15, 0.2) is 0 Å². The molecule has 0 heterocycles. The molecule has 1 nitrogen and oxygen atoms in total. The summed E-state index contributed by atoms with van der Waals surface area (Å²) in [4.78, 5) is 11.2. The Kier molecular flexibility index (Phi) is 1.06. The van der Waals surface area contributed by atoms with Crippen LogP contribution in [0.2, 0.25) is 0 Å². The quantitative estimate of drug-likeness (QED) is 0.588. The van der Waals surface area contributed by atoms with Gasteiger partial charge in [0, 0.05) is 12.3 Å². The smallest absolute Gasteiger partial charge is 0.136 e. The number of fused-ring (bicyclic) bond motifs is 1. The van der Waals surface area contributed by atoms with E-state index in [1.165, 1.54) is 25.7 Å². The van der Waals surface area contributed by atoms with E-state index in [4.69, 9.17) is 0 Å². The van der Waals surface area contributed by atoms with E-state index < -0.39 is 0 Å². The minimum Gasteiger partial charge on any atom is -0.299 e. The van der Waals surface area contributed by atoms with Gasteiger partial charge in [-0.25, -0.2) is 0 Å². The van der Waals surface area contributed by atoms with E-state index >= 15 is 0 Å². The number of rotatable bonds is 2. The van der Waals surface area contributed by atoms with Crippen LogP contribution >= 0.6 is 0 Å². The molecular formula is C10H14O. The van der Waals surface area contributed by atoms with Crippen molar-refractivity contribution in [3.8, 4) is 0 Å². The summed E-state index contributed by atoms with van der Waals surface area (Å²) in [7, 11) is 0. The Hall–Kier alpha value is -0.330. The summed E-state index contributed by atoms with van der Waals surface area (Å²) in [6.45, 7) is 0. The lowest BCUT2D eigenvalue weighted by molar-refractivity contribution is -0.119. The van der Waals surface area contributed by atoms with Crippen molar-refractivity contribution in [2.45, 2.75) is 32.1 Å². The van der Waals surface area contributed by atoms with Crippen molar-refractivity contribution >= 4 is 5.78 Å². The topological polar surface area (TPSA) is 17.1 Å². The zero-order valence-electron chi connectivity index (χ0n) is 6.75. The van der Waals surface area contributed by atoms with Crippen molar-refractivity contribution < 1.29 is 4.79 Å². The van der Waals surface area contributed by atoms with Gasteiger partial charge in [0.2, 0.25) is 0 Å². The van der Waals surface area contributed by atoms with Crippen molar-refractivity contribution in [3.05, 3.63) is 0 Å². The molecule has 0 amide bonds. The Labute approximate surface area is 67.2 Å². The highest BCUT2D eigenvalue weighted by atomic mass is 16.1. The van der Waals surface area contributed by atoms with Gasteiger partial charge in [-0.1, -0.05) is 12.8 Å². The molecule has 11 heavy (non-hydrogen) atoms. The fourth-order valence-corrected chi connectivity index (χ4v) is 2.85. The molecule has 0 bridgehead atoms. The average Bonchev–Trinajstić information content (AvgIpc) is 2.85. The highest BCUT2D eigenvalue weighted by Gasteiger charge is 2.58. The summed E-state index contributed by atoms with van der Waals surface area (Å²) in [5.41, 5.74) is 0. The summed E-state index contributed by atoms with van der Waals surface area (Å²) in [6, 6.07) is 0. The van der Waals surface area contributed by atoms with Gasteiger partial charge in [-0.05, 0) is 30.6 Å². The molecule has 3 unspecified atom stereocenters. The summed E-state index contributed by atoms with van der Waals surface area (Å²) in [5, 5.41) is 0. The van der Waals surface area contributed by atoms with Crippen LogP contribution in [-0.4, -0.2) is 5.78 Å². The molecule has 0 saturated heterocycles. The lowest BCUT2D eigenvalue weighted by Crippen LogP contribution is -1.99. The monoisotopic (exact) mass is 150 g/mol. The number of Topliss-reactive ketones (excluding diaryl/α,β-unsaturated/α-hetero) is 1. The minimum absolute atomic E-state index is 0.551. The molecule has 3 aliphatic carbocycles. The molecule has 3 rings (SSSR count). The molecule has 1 heteroatoms. The molecule has 0 aliphatic heterocycles. The molecule has 0 aromatic carbocycles. The second kappa shape index (κ2) is 1.88. The maximum atomic E-state index is 11.2. The fourth-order valence-electron chi connectivity index (χ4n) is 2.85. The van der Waals surface area contributed by atoms with E-state index in [1.54, 1.807) is 0 Å². The zero-order chi connectivity index (χ0) is 7.42. The number of carbonyl (C=O) groups is 1. The number of carbonyl (C=O) groups excluding carboxylic acids is 1. The van der Waals surface area contributed by atoms with Gasteiger partial charge in [-0.15, -0.1) is 0 Å². The summed E-state index contributed by atoms with van der Waals surface area (Å²) in [5.74, 6) is 3.86. The average molecular weight is 150 g/mol. The van der Waals surface area contributed by atoms with Gasteiger partial charge in [0.25, 0.3) is 0 Å². The maximum absolute atomic E-state index is 11.2. The Balaban J connectivity index is 1.63. The van der Waals surface area contributed by atoms with Crippen molar-refractivity contribution in [2.75, 3.05) is 0 Å². The summed E-state index contributed by atoms with van der Waals surface area (Å²) >= 11 is 0. The summed E-state index contributed by atoms with van der Waals surface area (Å²) < 4.78 is 0. The molecule has 3 saturated carbocycles. The Morgan fingerprint density at radius 2 is 2.09 bits per heavy atom. The molecule has 0 aromatic heterocycles. The molecule has 0 spiro atoms. The Morgan fingerprint density at radius 1 is 1.27 bits per heavy atom. The van der Waals surface area contributed by atoms with Gasteiger partial charge >= 0.3 is 0 Å². The van der Waals surface area contributed by atoms with Crippen molar-refractivity contribution in [1.82, 2.24) is 0 Å². The molecule has 0 aromatic rings. The largest absolute Gasteiger partial charge is 0.299 e. The van der Waals surface area contributed by atoms with Crippen LogP contribution in [0.15, 0.2) is 0 Å². The van der Waals surface area contributed by atoms with Crippen LogP contribution in [0.1, 0.15) is 32.1 Å². The third-order valence-corrected chi connectivity index (χ3v) is 3.73. The third-order valence-electron chi connectivity index (χ3n) is 3.73. The van der Waals surface area contributed by atoms with Crippen molar-refractivity contribution in [3.63, 3.8) is 0 Å². The molecule has 3 fully saturated rings. The van der Waals surface area contributed by atoms with E-state index in [0.717, 1.165) is 24.2 Å². The van der Waals surface area contributed by atoms with Gasteiger partial charge < -0.3 is 0 Å². The first-order chi connectivity index (χ1) is 5.36. The first-order valence-corrected chi connectivity index (χ1v) is 4.89.